The van der Waals surface area contributed by atoms with E-state index < -0.39 is 0 Å². The minimum Gasteiger partial charge on any atom is -1.00 e. The molecule has 2 aromatic carbocycles. The number of benzene rings is 2. The van der Waals surface area contributed by atoms with Gasteiger partial charge in [-0.15, -0.1) is 0 Å². The Morgan fingerprint density at radius 2 is 1.23 bits per heavy atom. The SMILES string of the molecule is CC(C)C1=CC=C[C]1([Ti+3])C(C)(c1ccccc1)c1ccccc1.[Cl-].[Cl-].[Cl-]. The molecule has 3 rings (SSSR count). The van der Waals surface area contributed by atoms with Crippen LogP contribution in [0, 0.1) is 5.92 Å². The van der Waals surface area contributed by atoms with E-state index in [1.807, 2.05) is 0 Å². The molecule has 0 saturated heterocycles. The van der Waals surface area contributed by atoms with Gasteiger partial charge in [0, 0.05) is 0 Å². The summed E-state index contributed by atoms with van der Waals surface area (Å²) in [7, 11) is 0. The normalized spacial score (nSPS) is 18.5. The van der Waals surface area contributed by atoms with Gasteiger partial charge in [-0.2, -0.15) is 0 Å². The molecule has 2 aromatic rings. The smallest absolute Gasteiger partial charge is 1.00 e. The van der Waals surface area contributed by atoms with E-state index >= 15 is 0 Å². The standard InChI is InChI=1S/C22H23.3ClH.Ti/c1-17(2)20-15-10-16-21(20)22(3,18-11-6-4-7-12-18)19-13-8-5-9-14-19;;;;/h4-17H,1-3H3;3*1H;/q;;;;+3/p-3. The van der Waals surface area contributed by atoms with Gasteiger partial charge in [-0.25, -0.2) is 0 Å². The van der Waals surface area contributed by atoms with Crippen molar-refractivity contribution in [1.29, 1.82) is 0 Å². The Morgan fingerprint density at radius 1 is 0.808 bits per heavy atom. The molecule has 0 N–H and O–H groups in total. The van der Waals surface area contributed by atoms with Crippen LogP contribution in [0.15, 0.2) is 84.5 Å². The fourth-order valence-corrected chi connectivity index (χ4v) is 4.97. The Morgan fingerprint density at radius 3 is 1.62 bits per heavy atom. The van der Waals surface area contributed by atoms with Crippen molar-refractivity contribution < 1.29 is 57.7 Å². The van der Waals surface area contributed by atoms with Gasteiger partial charge in [-0.1, -0.05) is 0 Å². The Labute approximate surface area is 188 Å². The Kier molecular flexibility index (Phi) is 9.97. The summed E-state index contributed by atoms with van der Waals surface area (Å²) in [5.41, 5.74) is 4.14. The molecule has 0 nitrogen and oxygen atoms in total. The van der Waals surface area contributed by atoms with E-state index in [0.717, 1.165) is 0 Å². The van der Waals surface area contributed by atoms with Crippen LogP contribution in [0.25, 0.3) is 0 Å². The van der Waals surface area contributed by atoms with E-state index in [-0.39, 0.29) is 46.4 Å². The second-order valence-electron chi connectivity index (χ2n) is 6.80. The molecule has 0 radical (unpaired) electrons. The number of halogens is 3. The van der Waals surface area contributed by atoms with Gasteiger partial charge in [-0.05, 0) is 0 Å². The first-order valence-corrected chi connectivity index (χ1v) is 9.04. The molecule has 1 unspecified atom stereocenters. The molecular weight excluding hydrogens is 418 g/mol. The average molecular weight is 442 g/mol. The molecule has 0 heterocycles. The van der Waals surface area contributed by atoms with E-state index in [2.05, 4.69) is 120 Å². The molecule has 0 saturated carbocycles. The zero-order chi connectivity index (χ0) is 16.5. The number of allylic oxidation sites excluding steroid dienone is 4. The Hall–Kier alpha value is -0.496. The molecule has 1 atom stereocenters. The molecule has 0 amide bonds. The molecule has 4 heteroatoms. The second kappa shape index (κ2) is 10.2. The van der Waals surface area contributed by atoms with Gasteiger partial charge < -0.3 is 37.2 Å². The van der Waals surface area contributed by atoms with E-state index in [4.69, 9.17) is 0 Å². The molecule has 26 heavy (non-hydrogen) atoms. The minimum atomic E-state index is -0.0986. The van der Waals surface area contributed by atoms with Crippen LogP contribution in [0.4, 0.5) is 0 Å². The third-order valence-corrected chi connectivity index (χ3v) is 6.68. The van der Waals surface area contributed by atoms with Crippen molar-refractivity contribution in [2.45, 2.75) is 29.9 Å². The van der Waals surface area contributed by atoms with Crippen molar-refractivity contribution in [3.8, 4) is 0 Å². The molecule has 0 spiro atoms. The van der Waals surface area contributed by atoms with Gasteiger partial charge in [-0.3, -0.25) is 0 Å². The fourth-order valence-electron chi connectivity index (χ4n) is 3.79. The maximum Gasteiger partial charge on any atom is -1.00 e. The molecule has 0 aromatic heterocycles. The van der Waals surface area contributed by atoms with Crippen molar-refractivity contribution in [2.75, 3.05) is 0 Å². The number of hydrogen-bond donors (Lipinski definition) is 0. The van der Waals surface area contributed by atoms with Crippen LogP contribution in [0.5, 0.6) is 0 Å². The first-order chi connectivity index (χ1) is 11.0. The van der Waals surface area contributed by atoms with Crippen molar-refractivity contribution in [1.82, 2.24) is 0 Å². The average Bonchev–Trinajstić information content (AvgIpc) is 2.99. The van der Waals surface area contributed by atoms with Crippen molar-refractivity contribution >= 4 is 0 Å². The van der Waals surface area contributed by atoms with Gasteiger partial charge in [0.2, 0.25) is 0 Å². The summed E-state index contributed by atoms with van der Waals surface area (Å²) in [6, 6.07) is 21.9. The summed E-state index contributed by atoms with van der Waals surface area (Å²) in [5, 5.41) is 0. The molecule has 0 fully saturated rings. The van der Waals surface area contributed by atoms with Crippen molar-refractivity contribution in [2.24, 2.45) is 5.92 Å². The minimum absolute atomic E-state index is 0. The van der Waals surface area contributed by atoms with Crippen molar-refractivity contribution in [3.63, 3.8) is 0 Å². The summed E-state index contributed by atoms with van der Waals surface area (Å²) in [4.78, 5) is 0. The van der Waals surface area contributed by atoms with Gasteiger partial charge in [0.05, 0.1) is 0 Å². The maximum absolute atomic E-state index is 2.39. The molecule has 0 aliphatic heterocycles. The number of hydrogen-bond acceptors (Lipinski definition) is 0. The van der Waals surface area contributed by atoms with Crippen LogP contribution in [0.3, 0.4) is 0 Å². The molecular formula is C22H23Cl3Ti. The van der Waals surface area contributed by atoms with E-state index in [1.54, 1.807) is 0 Å². The summed E-state index contributed by atoms with van der Waals surface area (Å²) in [6.07, 6.45) is 6.94. The fraction of sp³-hybridized carbons (Fsp3) is 0.273. The molecule has 1 aliphatic rings. The first-order valence-electron chi connectivity index (χ1n) is 8.26. The van der Waals surface area contributed by atoms with Gasteiger partial charge in [0.25, 0.3) is 0 Å². The maximum atomic E-state index is 2.39. The van der Waals surface area contributed by atoms with Crippen LogP contribution in [-0.2, 0) is 25.9 Å². The Bertz CT molecular complexity index is 699. The van der Waals surface area contributed by atoms with Crippen LogP contribution in [0.2, 0.25) is 3.72 Å². The van der Waals surface area contributed by atoms with E-state index in [1.165, 1.54) is 16.7 Å². The van der Waals surface area contributed by atoms with Crippen LogP contribution < -0.4 is 37.2 Å². The summed E-state index contributed by atoms with van der Waals surface area (Å²) >= 11 is 2.39. The third kappa shape index (κ3) is 4.16. The van der Waals surface area contributed by atoms with Crippen LogP contribution >= 0.6 is 0 Å². The summed E-state index contributed by atoms with van der Waals surface area (Å²) in [6.45, 7) is 6.99. The quantitative estimate of drug-likeness (QED) is 0.440. The second-order valence-corrected chi connectivity index (χ2v) is 8.03. The van der Waals surface area contributed by atoms with Gasteiger partial charge in [0.1, 0.15) is 0 Å². The zero-order valence-corrected chi connectivity index (χ0v) is 19.0. The number of rotatable bonds is 4. The van der Waals surface area contributed by atoms with Crippen LogP contribution in [0.1, 0.15) is 31.9 Å². The largest absolute Gasteiger partial charge is 1.00 e. The predicted octanol–water partition coefficient (Wildman–Crippen LogP) is -3.14. The zero-order valence-electron chi connectivity index (χ0n) is 15.2. The summed E-state index contributed by atoms with van der Waals surface area (Å²) in [5.74, 6) is 0.529. The monoisotopic (exact) mass is 440 g/mol. The summed E-state index contributed by atoms with van der Waals surface area (Å²) < 4.78 is -0.0239. The van der Waals surface area contributed by atoms with Gasteiger partial charge >= 0.3 is 152 Å². The third-order valence-electron chi connectivity index (χ3n) is 5.19. The van der Waals surface area contributed by atoms with E-state index in [0.29, 0.717) is 5.92 Å². The topological polar surface area (TPSA) is 0 Å². The van der Waals surface area contributed by atoms with E-state index in [9.17, 15) is 0 Å². The van der Waals surface area contributed by atoms with Crippen LogP contribution in [-0.4, -0.2) is 0 Å². The Balaban J connectivity index is 0.00000208. The predicted molar refractivity (Wildman–Crippen MR) is 94.1 cm³/mol. The van der Waals surface area contributed by atoms with Gasteiger partial charge in [0.15, 0.2) is 0 Å². The first kappa shape index (κ1) is 25.5. The molecule has 1 aliphatic carbocycles. The molecule has 0 bridgehead atoms. The van der Waals surface area contributed by atoms with Crippen molar-refractivity contribution in [3.05, 3.63) is 95.6 Å². The molecule has 136 valence electrons.